The quantitative estimate of drug-likeness (QED) is 0.841. The van der Waals surface area contributed by atoms with Gasteiger partial charge in [-0.05, 0) is 19.8 Å². The topological polar surface area (TPSA) is 53.8 Å². The Morgan fingerprint density at radius 2 is 1.81 bits per heavy atom. The molecule has 0 atom stereocenters. The molecule has 2 aliphatic heterocycles. The van der Waals surface area contributed by atoms with Crippen molar-refractivity contribution < 1.29 is 9.69 Å². The van der Waals surface area contributed by atoms with Crippen LogP contribution < -0.4 is 9.80 Å². The number of aryl methyl sites for hydroxylation is 1. The molecular formula is C20H32N5O+. The van der Waals surface area contributed by atoms with Crippen LogP contribution in [0.4, 0.5) is 5.82 Å². The van der Waals surface area contributed by atoms with Crippen LogP contribution in [0.25, 0.3) is 0 Å². The number of fused-ring (bicyclic) bond motifs is 1. The van der Waals surface area contributed by atoms with Gasteiger partial charge in [0.1, 0.15) is 11.6 Å². The van der Waals surface area contributed by atoms with Gasteiger partial charge in [-0.25, -0.2) is 9.97 Å². The predicted molar refractivity (Wildman–Crippen MR) is 101 cm³/mol. The molecule has 3 aliphatic rings. The number of aromatic nitrogens is 2. The molecule has 6 nitrogen and oxygen atoms in total. The van der Waals surface area contributed by atoms with Crippen LogP contribution in [0.1, 0.15) is 49.2 Å². The highest BCUT2D eigenvalue weighted by Gasteiger charge is 2.32. The lowest BCUT2D eigenvalue weighted by atomic mass is 9.87. The molecule has 6 heteroatoms. The Morgan fingerprint density at radius 3 is 2.54 bits per heavy atom. The highest BCUT2D eigenvalue weighted by atomic mass is 16.2. The number of quaternary nitrogens is 1. The Morgan fingerprint density at radius 1 is 1.08 bits per heavy atom. The van der Waals surface area contributed by atoms with Crippen LogP contribution in [0.15, 0.2) is 0 Å². The molecule has 0 bridgehead atoms. The molecule has 0 radical (unpaired) electrons. The van der Waals surface area contributed by atoms with Crippen molar-refractivity contribution in [1.82, 2.24) is 14.9 Å². The second-order valence-corrected chi connectivity index (χ2v) is 8.31. The molecule has 142 valence electrons. The minimum absolute atomic E-state index is 0.243. The fourth-order valence-corrected chi connectivity index (χ4v) is 4.67. The third-order valence-electron chi connectivity index (χ3n) is 6.33. The first kappa shape index (κ1) is 17.7. The molecule has 0 spiro atoms. The van der Waals surface area contributed by atoms with Crippen molar-refractivity contribution in [3.05, 3.63) is 17.1 Å². The summed E-state index contributed by atoms with van der Waals surface area (Å²) in [6.45, 7) is 7.84. The maximum absolute atomic E-state index is 13.0. The predicted octanol–water partition coefficient (Wildman–Crippen LogP) is 0.585. The summed E-state index contributed by atoms with van der Waals surface area (Å²) in [5.74, 6) is 2.55. The molecule has 26 heavy (non-hydrogen) atoms. The number of piperazine rings is 1. The lowest BCUT2D eigenvalue weighted by molar-refractivity contribution is -0.880. The van der Waals surface area contributed by atoms with E-state index < -0.39 is 0 Å². The van der Waals surface area contributed by atoms with Gasteiger partial charge in [0.05, 0.1) is 45.5 Å². The zero-order valence-corrected chi connectivity index (χ0v) is 16.3. The van der Waals surface area contributed by atoms with E-state index in [9.17, 15) is 4.79 Å². The van der Waals surface area contributed by atoms with Crippen LogP contribution in [-0.4, -0.2) is 60.5 Å². The van der Waals surface area contributed by atoms with Gasteiger partial charge in [-0.1, -0.05) is 19.3 Å². The Balaban J connectivity index is 1.56. The van der Waals surface area contributed by atoms with Gasteiger partial charge < -0.3 is 14.7 Å². The summed E-state index contributed by atoms with van der Waals surface area (Å²) in [6, 6.07) is 0. The minimum atomic E-state index is 0.243. The van der Waals surface area contributed by atoms with Crippen molar-refractivity contribution in [2.75, 3.05) is 44.7 Å². The number of anilines is 1. The summed E-state index contributed by atoms with van der Waals surface area (Å²) in [5.41, 5.74) is 2.36. The van der Waals surface area contributed by atoms with Gasteiger partial charge in [0.2, 0.25) is 5.91 Å². The summed E-state index contributed by atoms with van der Waals surface area (Å²) in [4.78, 5) is 28.6. The maximum atomic E-state index is 13.0. The van der Waals surface area contributed by atoms with Gasteiger partial charge in [0.25, 0.3) is 0 Å². The van der Waals surface area contributed by atoms with Crippen LogP contribution in [0, 0.1) is 12.8 Å². The Labute approximate surface area is 156 Å². The summed E-state index contributed by atoms with van der Waals surface area (Å²) < 4.78 is 0. The SMILES string of the molecule is Cc1nc2c(c(N3CC[NH+](C)CC3)n1)CN(C(=O)C1CCCCC1)CC2. The molecule has 1 saturated heterocycles. The fraction of sp³-hybridized carbons (Fsp3) is 0.750. The van der Waals surface area contributed by atoms with Crippen molar-refractivity contribution in [2.45, 2.75) is 52.0 Å². The van der Waals surface area contributed by atoms with Crippen molar-refractivity contribution in [2.24, 2.45) is 5.92 Å². The monoisotopic (exact) mass is 358 g/mol. The van der Waals surface area contributed by atoms with Crippen LogP contribution in [0.5, 0.6) is 0 Å². The first-order valence-electron chi connectivity index (χ1n) is 10.3. The van der Waals surface area contributed by atoms with E-state index in [1.165, 1.54) is 24.8 Å². The van der Waals surface area contributed by atoms with E-state index in [0.29, 0.717) is 12.5 Å². The van der Waals surface area contributed by atoms with E-state index >= 15 is 0 Å². The normalized spacial score (nSPS) is 22.4. The summed E-state index contributed by atoms with van der Waals surface area (Å²) >= 11 is 0. The fourth-order valence-electron chi connectivity index (χ4n) is 4.67. The number of amides is 1. The number of hydrogen-bond acceptors (Lipinski definition) is 4. The van der Waals surface area contributed by atoms with Crippen molar-refractivity contribution >= 4 is 11.7 Å². The molecule has 1 aliphatic carbocycles. The average Bonchev–Trinajstić information content (AvgIpc) is 2.68. The van der Waals surface area contributed by atoms with E-state index in [4.69, 9.17) is 9.97 Å². The van der Waals surface area contributed by atoms with Crippen LogP contribution in [0.2, 0.25) is 0 Å². The van der Waals surface area contributed by atoms with Crippen molar-refractivity contribution in [3.8, 4) is 0 Å². The number of carbonyl (C=O) groups is 1. The summed E-state index contributed by atoms with van der Waals surface area (Å²) in [5, 5.41) is 0. The molecule has 1 aromatic heterocycles. The van der Waals surface area contributed by atoms with E-state index in [2.05, 4.69) is 16.8 Å². The third-order valence-corrected chi connectivity index (χ3v) is 6.33. The zero-order chi connectivity index (χ0) is 18.1. The molecule has 1 N–H and O–H groups in total. The Hall–Kier alpha value is -1.69. The number of rotatable bonds is 2. The van der Waals surface area contributed by atoms with E-state index in [-0.39, 0.29) is 5.92 Å². The molecule has 1 saturated carbocycles. The first-order chi connectivity index (χ1) is 12.6. The molecule has 3 heterocycles. The number of likely N-dealkylation sites (N-methyl/N-ethyl adjacent to an activating group) is 1. The largest absolute Gasteiger partial charge is 0.345 e. The minimum Gasteiger partial charge on any atom is -0.345 e. The Bertz CT molecular complexity index is 662. The molecule has 4 rings (SSSR count). The first-order valence-corrected chi connectivity index (χ1v) is 10.3. The summed E-state index contributed by atoms with van der Waals surface area (Å²) in [7, 11) is 2.25. The van der Waals surface area contributed by atoms with Gasteiger partial charge in [0, 0.05) is 24.4 Å². The molecule has 2 fully saturated rings. The number of hydrogen-bond donors (Lipinski definition) is 1. The molecule has 0 aromatic carbocycles. The molecule has 0 unspecified atom stereocenters. The van der Waals surface area contributed by atoms with Gasteiger partial charge in [-0.3, -0.25) is 4.79 Å². The molecule has 1 aromatic rings. The maximum Gasteiger partial charge on any atom is 0.225 e. The van der Waals surface area contributed by atoms with Gasteiger partial charge >= 0.3 is 0 Å². The highest BCUT2D eigenvalue weighted by molar-refractivity contribution is 5.79. The second kappa shape index (κ2) is 7.51. The lowest BCUT2D eigenvalue weighted by Crippen LogP contribution is -3.12. The van der Waals surface area contributed by atoms with Gasteiger partial charge in [-0.2, -0.15) is 0 Å². The smallest absolute Gasteiger partial charge is 0.225 e. The molecule has 1 amide bonds. The van der Waals surface area contributed by atoms with E-state index in [0.717, 1.165) is 69.3 Å². The standard InChI is InChI=1S/C20H31N5O/c1-15-21-18-8-9-25(20(26)16-6-4-3-5-7-16)14-17(18)19(22-15)24-12-10-23(2)11-13-24/h16H,3-14H2,1-2H3/p+1. The highest BCUT2D eigenvalue weighted by Crippen LogP contribution is 2.30. The third kappa shape index (κ3) is 3.56. The number of nitrogens with zero attached hydrogens (tertiary/aromatic N) is 4. The number of nitrogens with one attached hydrogen (secondary N) is 1. The van der Waals surface area contributed by atoms with Crippen LogP contribution in [0.3, 0.4) is 0 Å². The Kier molecular flexibility index (Phi) is 5.11. The lowest BCUT2D eigenvalue weighted by Gasteiger charge is -2.36. The molecular weight excluding hydrogens is 326 g/mol. The average molecular weight is 359 g/mol. The zero-order valence-electron chi connectivity index (χ0n) is 16.3. The van der Waals surface area contributed by atoms with Crippen LogP contribution in [-0.2, 0) is 17.8 Å². The van der Waals surface area contributed by atoms with Crippen molar-refractivity contribution in [1.29, 1.82) is 0 Å². The van der Waals surface area contributed by atoms with Gasteiger partial charge in [-0.15, -0.1) is 0 Å². The second-order valence-electron chi connectivity index (χ2n) is 8.31. The van der Waals surface area contributed by atoms with Crippen LogP contribution >= 0.6 is 0 Å². The summed E-state index contributed by atoms with van der Waals surface area (Å²) in [6.07, 6.45) is 6.70. The number of carbonyl (C=O) groups excluding carboxylic acids is 1. The van der Waals surface area contributed by atoms with E-state index in [1.807, 2.05) is 6.92 Å². The van der Waals surface area contributed by atoms with Crippen molar-refractivity contribution in [3.63, 3.8) is 0 Å². The van der Waals surface area contributed by atoms with E-state index in [1.54, 1.807) is 4.90 Å². The van der Waals surface area contributed by atoms with Gasteiger partial charge in [0.15, 0.2) is 0 Å².